The van der Waals surface area contributed by atoms with Gasteiger partial charge in [-0.25, -0.2) is 4.98 Å². The molecule has 2 heterocycles. The number of rotatable bonds is 5. The number of imidazole rings is 1. The van der Waals surface area contributed by atoms with E-state index in [1.165, 1.54) is 0 Å². The van der Waals surface area contributed by atoms with E-state index in [1.54, 1.807) is 6.20 Å². The fourth-order valence-electron chi connectivity index (χ4n) is 3.86. The van der Waals surface area contributed by atoms with Gasteiger partial charge in [-0.1, -0.05) is 35.9 Å². The van der Waals surface area contributed by atoms with Crippen LogP contribution in [0, 0.1) is 6.92 Å². The molecule has 3 aromatic rings. The first kappa shape index (κ1) is 19.7. The van der Waals surface area contributed by atoms with E-state index in [0.29, 0.717) is 31.1 Å². The minimum Gasteiger partial charge on any atom is -0.381 e. The molecule has 1 aliphatic rings. The van der Waals surface area contributed by atoms with Crippen molar-refractivity contribution in [3.63, 3.8) is 0 Å². The zero-order chi connectivity index (χ0) is 20.3. The Morgan fingerprint density at radius 3 is 2.62 bits per heavy atom. The lowest BCUT2D eigenvalue weighted by molar-refractivity contribution is -0.125. The summed E-state index contributed by atoms with van der Waals surface area (Å²) in [6.45, 7) is 3.86. The molecule has 4 rings (SSSR count). The summed E-state index contributed by atoms with van der Waals surface area (Å²) in [5, 5.41) is 3.75. The van der Waals surface area contributed by atoms with Crippen LogP contribution in [0.3, 0.4) is 0 Å². The van der Waals surface area contributed by atoms with E-state index in [0.717, 1.165) is 29.2 Å². The topological polar surface area (TPSA) is 56.2 Å². The maximum atomic E-state index is 13.4. The largest absolute Gasteiger partial charge is 0.381 e. The van der Waals surface area contributed by atoms with Crippen LogP contribution in [0.4, 0.5) is 5.69 Å². The average Bonchev–Trinajstić information content (AvgIpc) is 3.14. The van der Waals surface area contributed by atoms with Crippen LogP contribution < -0.4 is 5.32 Å². The zero-order valence-electron chi connectivity index (χ0n) is 16.4. The third-order valence-electron chi connectivity index (χ3n) is 5.65. The molecule has 150 valence electrons. The maximum Gasteiger partial charge on any atom is 0.235 e. The van der Waals surface area contributed by atoms with Crippen molar-refractivity contribution in [1.29, 1.82) is 0 Å². The number of carbonyl (C=O) groups excluding carboxylic acids is 1. The van der Waals surface area contributed by atoms with Crippen molar-refractivity contribution in [1.82, 2.24) is 9.55 Å². The number of anilines is 1. The molecule has 0 atom stereocenters. The molecule has 6 heteroatoms. The highest BCUT2D eigenvalue weighted by Crippen LogP contribution is 2.37. The van der Waals surface area contributed by atoms with Gasteiger partial charge in [0.05, 0.1) is 5.41 Å². The summed E-state index contributed by atoms with van der Waals surface area (Å²) in [6.07, 6.45) is 5.03. The molecule has 1 saturated heterocycles. The molecule has 1 aromatic heterocycles. The molecule has 5 nitrogen and oxygen atoms in total. The zero-order valence-corrected chi connectivity index (χ0v) is 17.2. The lowest BCUT2D eigenvalue weighted by Crippen LogP contribution is -2.44. The van der Waals surface area contributed by atoms with Crippen LogP contribution in [0.5, 0.6) is 0 Å². The molecule has 0 saturated carbocycles. The Bertz CT molecular complexity index is 991. The standard InChI is InChI=1S/C23H24ClN3O2/c1-17-25-11-12-27(17)16-18-5-7-21(8-6-18)26-22(28)23(9-13-29-14-10-23)19-3-2-4-20(24)15-19/h2-8,11-12,15H,9-10,13-14,16H2,1H3,(H,26,28). The molecular weight excluding hydrogens is 386 g/mol. The maximum absolute atomic E-state index is 13.4. The molecule has 29 heavy (non-hydrogen) atoms. The van der Waals surface area contributed by atoms with Crippen LogP contribution in [0.1, 0.15) is 29.8 Å². The Balaban J connectivity index is 1.52. The average molecular weight is 410 g/mol. The van der Waals surface area contributed by atoms with Crippen LogP contribution in [-0.4, -0.2) is 28.7 Å². The summed E-state index contributed by atoms with van der Waals surface area (Å²) in [6, 6.07) is 15.6. The number of amides is 1. The summed E-state index contributed by atoms with van der Waals surface area (Å²) in [4.78, 5) is 17.6. The van der Waals surface area contributed by atoms with Gasteiger partial charge in [-0.05, 0) is 55.2 Å². The Kier molecular flexibility index (Phi) is 5.69. The van der Waals surface area contributed by atoms with Crippen LogP contribution in [0.25, 0.3) is 0 Å². The molecular formula is C23H24ClN3O2. The van der Waals surface area contributed by atoms with E-state index in [2.05, 4.69) is 14.9 Å². The van der Waals surface area contributed by atoms with Crippen molar-refractivity contribution >= 4 is 23.2 Å². The van der Waals surface area contributed by atoms with E-state index in [-0.39, 0.29) is 5.91 Å². The highest BCUT2D eigenvalue weighted by molar-refractivity contribution is 6.30. The van der Waals surface area contributed by atoms with Crippen molar-refractivity contribution < 1.29 is 9.53 Å². The van der Waals surface area contributed by atoms with Gasteiger partial charge >= 0.3 is 0 Å². The Hall–Kier alpha value is -2.63. The molecule has 1 N–H and O–H groups in total. The predicted octanol–water partition coefficient (Wildman–Crippen LogP) is 4.58. The van der Waals surface area contributed by atoms with Gasteiger partial charge in [0.25, 0.3) is 0 Å². The van der Waals surface area contributed by atoms with E-state index in [4.69, 9.17) is 16.3 Å². The lowest BCUT2D eigenvalue weighted by Gasteiger charge is -2.36. The Morgan fingerprint density at radius 2 is 1.97 bits per heavy atom. The third kappa shape index (κ3) is 4.21. The summed E-state index contributed by atoms with van der Waals surface area (Å²) in [7, 11) is 0. The molecule has 0 unspecified atom stereocenters. The van der Waals surface area contributed by atoms with Gasteiger partial charge < -0.3 is 14.6 Å². The van der Waals surface area contributed by atoms with Gasteiger partial charge in [-0.3, -0.25) is 4.79 Å². The van der Waals surface area contributed by atoms with E-state index in [9.17, 15) is 4.79 Å². The smallest absolute Gasteiger partial charge is 0.235 e. The fourth-order valence-corrected chi connectivity index (χ4v) is 4.05. The fraction of sp³-hybridized carbons (Fsp3) is 0.304. The number of ether oxygens (including phenoxy) is 1. The molecule has 1 aliphatic heterocycles. The summed E-state index contributed by atoms with van der Waals surface area (Å²) in [5.41, 5.74) is 2.25. The molecule has 0 aliphatic carbocycles. The van der Waals surface area contributed by atoms with Crippen molar-refractivity contribution in [2.45, 2.75) is 31.7 Å². The van der Waals surface area contributed by atoms with Gasteiger partial charge in [0, 0.05) is 42.9 Å². The first-order valence-electron chi connectivity index (χ1n) is 9.79. The van der Waals surface area contributed by atoms with Gasteiger partial charge in [0.15, 0.2) is 0 Å². The quantitative estimate of drug-likeness (QED) is 0.671. The van der Waals surface area contributed by atoms with Gasteiger partial charge in [0.2, 0.25) is 5.91 Å². The number of hydrogen-bond acceptors (Lipinski definition) is 3. The number of hydrogen-bond donors (Lipinski definition) is 1. The molecule has 0 radical (unpaired) electrons. The Morgan fingerprint density at radius 1 is 1.21 bits per heavy atom. The third-order valence-corrected chi connectivity index (χ3v) is 5.88. The molecule has 0 spiro atoms. The SMILES string of the molecule is Cc1nccn1Cc1ccc(NC(=O)C2(c3cccc(Cl)c3)CCOCC2)cc1. The van der Waals surface area contributed by atoms with Crippen LogP contribution >= 0.6 is 11.6 Å². The van der Waals surface area contributed by atoms with Crippen LogP contribution in [0.2, 0.25) is 5.02 Å². The molecule has 2 aromatic carbocycles. The summed E-state index contributed by atoms with van der Waals surface area (Å²) >= 11 is 6.21. The second-order valence-corrected chi connectivity index (χ2v) is 7.89. The summed E-state index contributed by atoms with van der Waals surface area (Å²) in [5.74, 6) is 0.964. The monoisotopic (exact) mass is 409 g/mol. The van der Waals surface area contributed by atoms with E-state index in [1.807, 2.05) is 61.7 Å². The van der Waals surface area contributed by atoms with Crippen LogP contribution in [0.15, 0.2) is 60.9 Å². The number of aryl methyl sites for hydroxylation is 1. The predicted molar refractivity (Wildman–Crippen MR) is 114 cm³/mol. The number of benzene rings is 2. The van der Waals surface area contributed by atoms with Gasteiger partial charge in [-0.2, -0.15) is 0 Å². The van der Waals surface area contributed by atoms with E-state index >= 15 is 0 Å². The summed E-state index contributed by atoms with van der Waals surface area (Å²) < 4.78 is 7.62. The molecule has 0 bridgehead atoms. The van der Waals surface area contributed by atoms with Crippen molar-refractivity contribution in [3.05, 3.63) is 82.9 Å². The van der Waals surface area contributed by atoms with Gasteiger partial charge in [-0.15, -0.1) is 0 Å². The minimum atomic E-state index is -0.629. The van der Waals surface area contributed by atoms with Crippen molar-refractivity contribution in [2.24, 2.45) is 0 Å². The Labute approximate surface area is 175 Å². The van der Waals surface area contributed by atoms with Gasteiger partial charge in [0.1, 0.15) is 5.82 Å². The number of nitrogens with zero attached hydrogens (tertiary/aromatic N) is 2. The highest BCUT2D eigenvalue weighted by atomic mass is 35.5. The van der Waals surface area contributed by atoms with Crippen LogP contribution in [-0.2, 0) is 21.5 Å². The first-order chi connectivity index (χ1) is 14.1. The van der Waals surface area contributed by atoms with Crippen molar-refractivity contribution in [3.8, 4) is 0 Å². The normalized spacial score (nSPS) is 15.8. The number of nitrogens with one attached hydrogen (secondary N) is 1. The highest BCUT2D eigenvalue weighted by Gasteiger charge is 2.41. The number of aromatic nitrogens is 2. The van der Waals surface area contributed by atoms with Crippen molar-refractivity contribution in [2.75, 3.05) is 18.5 Å². The number of halogens is 1. The second-order valence-electron chi connectivity index (χ2n) is 7.46. The molecule has 1 amide bonds. The minimum absolute atomic E-state index is 0.0127. The second kappa shape index (κ2) is 8.39. The lowest BCUT2D eigenvalue weighted by atomic mass is 9.73. The van der Waals surface area contributed by atoms with E-state index < -0.39 is 5.41 Å². The first-order valence-corrected chi connectivity index (χ1v) is 10.2. The number of carbonyl (C=O) groups is 1. The molecule has 1 fully saturated rings.